The Morgan fingerprint density at radius 3 is 2.06 bits per heavy atom. The third-order valence-corrected chi connectivity index (χ3v) is 2.41. The second kappa shape index (κ2) is 5.87. The highest BCUT2D eigenvalue weighted by molar-refractivity contribution is 5.29. The first kappa shape index (κ1) is 13.0. The van der Waals surface area contributed by atoms with E-state index in [-0.39, 0.29) is 12.2 Å². The first-order valence-corrected chi connectivity index (χ1v) is 5.52. The van der Waals surface area contributed by atoms with Crippen molar-refractivity contribution in [3.63, 3.8) is 0 Å². The van der Waals surface area contributed by atoms with E-state index in [1.54, 1.807) is 7.11 Å². The number of aliphatic hydroxyl groups excluding tert-OH is 1. The Labute approximate surface area is 97.0 Å². The molecule has 0 aliphatic carbocycles. The summed E-state index contributed by atoms with van der Waals surface area (Å²) >= 11 is 0. The van der Waals surface area contributed by atoms with Crippen LogP contribution >= 0.6 is 0 Å². The molecule has 16 heavy (non-hydrogen) atoms. The smallest absolute Gasteiger partial charge is 0.119 e. The monoisotopic (exact) mass is 224 g/mol. The molecule has 0 aromatic heterocycles. The molecule has 0 saturated heterocycles. The van der Waals surface area contributed by atoms with E-state index < -0.39 is 6.10 Å². The summed E-state index contributed by atoms with van der Waals surface area (Å²) < 4.78 is 10.6. The van der Waals surface area contributed by atoms with Crippen LogP contribution < -0.4 is 4.74 Å². The molecule has 0 aliphatic rings. The summed E-state index contributed by atoms with van der Waals surface area (Å²) in [5.74, 6) is 0.816. The molecule has 3 heteroatoms. The molecule has 0 heterocycles. The van der Waals surface area contributed by atoms with E-state index in [0.29, 0.717) is 0 Å². The molecule has 2 unspecified atom stereocenters. The minimum Gasteiger partial charge on any atom is -0.491 e. The predicted octanol–water partition coefficient (Wildman–Crippen LogP) is 2.54. The van der Waals surface area contributed by atoms with Crippen molar-refractivity contribution < 1.29 is 14.6 Å². The molecule has 1 N–H and O–H groups in total. The third kappa shape index (κ3) is 3.51. The molecular formula is C13H20O3. The maximum Gasteiger partial charge on any atom is 0.119 e. The van der Waals surface area contributed by atoms with Crippen LogP contribution in [0.4, 0.5) is 0 Å². The SMILES string of the molecule is COC(C)C(O)c1ccc(OC(C)C)cc1. The Hall–Kier alpha value is -1.06. The topological polar surface area (TPSA) is 38.7 Å². The molecule has 0 amide bonds. The van der Waals surface area contributed by atoms with E-state index >= 15 is 0 Å². The maximum absolute atomic E-state index is 9.90. The summed E-state index contributed by atoms with van der Waals surface area (Å²) in [6, 6.07) is 7.44. The molecule has 0 radical (unpaired) electrons. The van der Waals surface area contributed by atoms with E-state index in [9.17, 15) is 5.11 Å². The number of aliphatic hydroxyl groups is 1. The van der Waals surface area contributed by atoms with Crippen LogP contribution in [0.5, 0.6) is 5.75 Å². The molecule has 1 aromatic rings. The molecule has 3 nitrogen and oxygen atoms in total. The van der Waals surface area contributed by atoms with Crippen molar-refractivity contribution in [1.82, 2.24) is 0 Å². The third-order valence-electron chi connectivity index (χ3n) is 2.41. The standard InChI is InChI=1S/C13H20O3/c1-9(2)16-12-7-5-11(6-8-12)13(14)10(3)15-4/h5-10,13-14H,1-4H3. The highest BCUT2D eigenvalue weighted by atomic mass is 16.5. The van der Waals surface area contributed by atoms with E-state index in [1.807, 2.05) is 45.0 Å². The highest BCUT2D eigenvalue weighted by Gasteiger charge is 2.15. The molecule has 1 rings (SSSR count). The molecule has 0 fully saturated rings. The van der Waals surface area contributed by atoms with Gasteiger partial charge in [-0.3, -0.25) is 0 Å². The van der Waals surface area contributed by atoms with E-state index in [0.717, 1.165) is 11.3 Å². The summed E-state index contributed by atoms with van der Waals surface area (Å²) in [5.41, 5.74) is 0.838. The first-order chi connectivity index (χ1) is 7.54. The number of hydrogen-bond donors (Lipinski definition) is 1. The lowest BCUT2D eigenvalue weighted by Crippen LogP contribution is -2.16. The van der Waals surface area contributed by atoms with Crippen LogP contribution in [0, 0.1) is 0 Å². The minimum atomic E-state index is -0.599. The van der Waals surface area contributed by atoms with Gasteiger partial charge in [-0.25, -0.2) is 0 Å². The van der Waals surface area contributed by atoms with Crippen molar-refractivity contribution in [2.24, 2.45) is 0 Å². The Bertz CT molecular complexity index is 305. The van der Waals surface area contributed by atoms with Crippen LogP contribution in [0.15, 0.2) is 24.3 Å². The largest absolute Gasteiger partial charge is 0.491 e. The predicted molar refractivity (Wildman–Crippen MR) is 63.6 cm³/mol. The van der Waals surface area contributed by atoms with Gasteiger partial charge in [0.25, 0.3) is 0 Å². The fourth-order valence-electron chi connectivity index (χ4n) is 1.42. The van der Waals surface area contributed by atoms with Crippen LogP contribution in [-0.2, 0) is 4.74 Å². The highest BCUT2D eigenvalue weighted by Crippen LogP contribution is 2.21. The van der Waals surface area contributed by atoms with Crippen molar-refractivity contribution in [1.29, 1.82) is 0 Å². The van der Waals surface area contributed by atoms with E-state index in [2.05, 4.69) is 0 Å². The summed E-state index contributed by atoms with van der Waals surface area (Å²) in [6.45, 7) is 5.80. The van der Waals surface area contributed by atoms with Crippen LogP contribution in [0.1, 0.15) is 32.4 Å². The lowest BCUT2D eigenvalue weighted by molar-refractivity contribution is -0.00145. The number of rotatable bonds is 5. The van der Waals surface area contributed by atoms with Crippen LogP contribution in [0.25, 0.3) is 0 Å². The lowest BCUT2D eigenvalue weighted by Gasteiger charge is -2.18. The average Bonchev–Trinajstić information content (AvgIpc) is 2.27. The molecule has 0 saturated carbocycles. The number of hydrogen-bond acceptors (Lipinski definition) is 3. The zero-order valence-corrected chi connectivity index (χ0v) is 10.3. The second-order valence-electron chi connectivity index (χ2n) is 4.12. The minimum absolute atomic E-state index is 0.161. The Kier molecular flexibility index (Phi) is 4.77. The summed E-state index contributed by atoms with van der Waals surface area (Å²) in [7, 11) is 1.59. The van der Waals surface area contributed by atoms with Gasteiger partial charge >= 0.3 is 0 Å². The van der Waals surface area contributed by atoms with Crippen LogP contribution in [0.3, 0.4) is 0 Å². The van der Waals surface area contributed by atoms with Gasteiger partial charge in [0.15, 0.2) is 0 Å². The normalized spacial score (nSPS) is 14.9. The van der Waals surface area contributed by atoms with Gasteiger partial charge < -0.3 is 14.6 Å². The Balaban J connectivity index is 2.70. The van der Waals surface area contributed by atoms with Crippen molar-refractivity contribution >= 4 is 0 Å². The number of ether oxygens (including phenoxy) is 2. The zero-order valence-electron chi connectivity index (χ0n) is 10.3. The maximum atomic E-state index is 9.90. The Morgan fingerprint density at radius 2 is 1.62 bits per heavy atom. The van der Waals surface area contributed by atoms with Gasteiger partial charge in [0.05, 0.1) is 12.2 Å². The quantitative estimate of drug-likeness (QED) is 0.835. The van der Waals surface area contributed by atoms with Gasteiger partial charge in [0, 0.05) is 7.11 Å². The molecule has 0 spiro atoms. The second-order valence-corrected chi connectivity index (χ2v) is 4.12. The zero-order chi connectivity index (χ0) is 12.1. The van der Waals surface area contributed by atoms with E-state index in [1.165, 1.54) is 0 Å². The summed E-state index contributed by atoms with van der Waals surface area (Å²) in [5, 5.41) is 9.90. The van der Waals surface area contributed by atoms with E-state index in [4.69, 9.17) is 9.47 Å². The van der Waals surface area contributed by atoms with Crippen molar-refractivity contribution in [2.45, 2.75) is 39.1 Å². The van der Waals surface area contributed by atoms with Gasteiger partial charge in [-0.1, -0.05) is 12.1 Å². The van der Waals surface area contributed by atoms with Crippen molar-refractivity contribution in [3.05, 3.63) is 29.8 Å². The van der Waals surface area contributed by atoms with Crippen LogP contribution in [0.2, 0.25) is 0 Å². The molecule has 0 bridgehead atoms. The molecule has 90 valence electrons. The van der Waals surface area contributed by atoms with Crippen molar-refractivity contribution in [2.75, 3.05) is 7.11 Å². The summed E-state index contributed by atoms with van der Waals surface area (Å²) in [6.07, 6.45) is -0.649. The fourth-order valence-corrected chi connectivity index (χ4v) is 1.42. The van der Waals surface area contributed by atoms with Gasteiger partial charge in [-0.05, 0) is 38.5 Å². The van der Waals surface area contributed by atoms with Gasteiger partial charge in [0.2, 0.25) is 0 Å². The molecule has 2 atom stereocenters. The summed E-state index contributed by atoms with van der Waals surface area (Å²) in [4.78, 5) is 0. The average molecular weight is 224 g/mol. The number of methoxy groups -OCH3 is 1. The lowest BCUT2D eigenvalue weighted by atomic mass is 10.1. The fraction of sp³-hybridized carbons (Fsp3) is 0.538. The van der Waals surface area contributed by atoms with Gasteiger partial charge in [0.1, 0.15) is 11.9 Å². The first-order valence-electron chi connectivity index (χ1n) is 5.52. The van der Waals surface area contributed by atoms with Crippen LogP contribution in [-0.4, -0.2) is 24.4 Å². The number of benzene rings is 1. The molecule has 1 aromatic carbocycles. The molecule has 0 aliphatic heterocycles. The van der Waals surface area contributed by atoms with Crippen molar-refractivity contribution in [3.8, 4) is 5.75 Å². The molecular weight excluding hydrogens is 204 g/mol. The van der Waals surface area contributed by atoms with Gasteiger partial charge in [-0.2, -0.15) is 0 Å². The van der Waals surface area contributed by atoms with Gasteiger partial charge in [-0.15, -0.1) is 0 Å². The Morgan fingerprint density at radius 1 is 1.06 bits per heavy atom.